The van der Waals surface area contributed by atoms with E-state index in [1.165, 1.54) is 161 Å². The number of ether oxygens (including phenoxy) is 2. The molecule has 0 aromatic rings. The number of hydrogen-bond donors (Lipinski definition) is 1. The lowest BCUT2D eigenvalue weighted by Gasteiger charge is -2.12. The van der Waals surface area contributed by atoms with Crippen molar-refractivity contribution in [3.8, 4) is 0 Å². The van der Waals surface area contributed by atoms with Crippen molar-refractivity contribution in [2.24, 2.45) is 11.8 Å². The van der Waals surface area contributed by atoms with Crippen LogP contribution in [0.1, 0.15) is 227 Å². The van der Waals surface area contributed by atoms with Gasteiger partial charge in [-0.25, -0.2) is 0 Å². The summed E-state index contributed by atoms with van der Waals surface area (Å²) in [5, 5.41) is 10.0. The molecule has 0 spiro atoms. The van der Waals surface area contributed by atoms with Gasteiger partial charge in [0.1, 0.15) is 19.3 Å². The second-order valence-corrected chi connectivity index (χ2v) is 15.4. The van der Waals surface area contributed by atoms with Crippen molar-refractivity contribution in [1.82, 2.24) is 0 Å². The van der Waals surface area contributed by atoms with Gasteiger partial charge in [0.05, 0.1) is 0 Å². The van der Waals surface area contributed by atoms with Gasteiger partial charge in [-0.1, -0.05) is 201 Å². The van der Waals surface area contributed by atoms with E-state index >= 15 is 0 Å². The molecule has 5 heteroatoms. The Balaban J connectivity index is 3.37. The molecule has 0 heterocycles. The summed E-state index contributed by atoms with van der Waals surface area (Å²) in [6.45, 7) is 9.04. The number of aliphatic hydroxyl groups excluding tert-OH is 1. The van der Waals surface area contributed by atoms with Crippen molar-refractivity contribution in [2.45, 2.75) is 233 Å². The van der Waals surface area contributed by atoms with Gasteiger partial charge in [-0.2, -0.15) is 0 Å². The molecular formula is C42H82O5. The Morgan fingerprint density at radius 1 is 0.383 bits per heavy atom. The molecule has 1 atom stereocenters. The highest BCUT2D eigenvalue weighted by atomic mass is 16.6. The van der Waals surface area contributed by atoms with Crippen LogP contribution < -0.4 is 0 Å². The monoisotopic (exact) mass is 667 g/mol. The summed E-state index contributed by atoms with van der Waals surface area (Å²) < 4.78 is 10.4. The van der Waals surface area contributed by atoms with E-state index in [2.05, 4.69) is 27.7 Å². The predicted molar refractivity (Wildman–Crippen MR) is 201 cm³/mol. The van der Waals surface area contributed by atoms with Crippen LogP contribution in [0.4, 0.5) is 0 Å². The van der Waals surface area contributed by atoms with Crippen molar-refractivity contribution in [2.75, 3.05) is 13.2 Å². The third-order valence-electron chi connectivity index (χ3n) is 9.45. The van der Waals surface area contributed by atoms with Crippen molar-refractivity contribution in [3.05, 3.63) is 0 Å². The van der Waals surface area contributed by atoms with Gasteiger partial charge >= 0.3 is 11.9 Å². The first kappa shape index (κ1) is 45.9. The van der Waals surface area contributed by atoms with Gasteiger partial charge in [-0.05, 0) is 24.7 Å². The smallest absolute Gasteiger partial charge is 0.305 e. The van der Waals surface area contributed by atoms with Gasteiger partial charge in [0.15, 0.2) is 0 Å². The van der Waals surface area contributed by atoms with Crippen LogP contribution in [0, 0.1) is 11.8 Å². The lowest BCUT2D eigenvalue weighted by Crippen LogP contribution is -2.25. The predicted octanol–water partition coefficient (Wildman–Crippen LogP) is 12.8. The maximum Gasteiger partial charge on any atom is 0.305 e. The summed E-state index contributed by atoms with van der Waals surface area (Å²) in [6, 6.07) is 0. The highest BCUT2D eigenvalue weighted by Gasteiger charge is 2.12. The van der Waals surface area contributed by atoms with Gasteiger partial charge in [-0.3, -0.25) is 9.59 Å². The van der Waals surface area contributed by atoms with Crippen LogP contribution in [0.3, 0.4) is 0 Å². The van der Waals surface area contributed by atoms with Crippen LogP contribution in [0.5, 0.6) is 0 Å². The van der Waals surface area contributed by atoms with Crippen LogP contribution in [0.2, 0.25) is 0 Å². The average molecular weight is 667 g/mol. The fourth-order valence-electron chi connectivity index (χ4n) is 6.28. The molecule has 0 saturated heterocycles. The van der Waals surface area contributed by atoms with E-state index in [0.29, 0.717) is 12.8 Å². The molecule has 0 aliphatic rings. The standard InChI is InChI=1S/C42H82O5/c1-38(2)32-28-24-20-16-12-8-6-5-7-9-14-18-22-26-30-34-41(44)46-36-40(43)37-47-42(45)35-31-27-23-19-15-11-10-13-17-21-25-29-33-39(3)4/h38-40,43H,5-37H2,1-4H3/t40-/m0/s1. The first-order valence-electron chi connectivity index (χ1n) is 20.8. The number of hydrogen-bond acceptors (Lipinski definition) is 5. The van der Waals surface area contributed by atoms with Crippen LogP contribution in [0.15, 0.2) is 0 Å². The summed E-state index contributed by atoms with van der Waals surface area (Å²) in [5.41, 5.74) is 0. The van der Waals surface area contributed by atoms with E-state index in [1.807, 2.05) is 0 Å². The normalized spacial score (nSPS) is 12.2. The van der Waals surface area contributed by atoms with Crippen LogP contribution in [0.25, 0.3) is 0 Å². The largest absolute Gasteiger partial charge is 0.463 e. The Bertz CT molecular complexity index is 661. The maximum absolute atomic E-state index is 12.0. The van der Waals surface area contributed by atoms with Crippen molar-refractivity contribution >= 4 is 11.9 Å². The van der Waals surface area contributed by atoms with Crippen molar-refractivity contribution < 1.29 is 24.2 Å². The van der Waals surface area contributed by atoms with Crippen LogP contribution in [-0.2, 0) is 19.1 Å². The minimum absolute atomic E-state index is 0.109. The molecule has 0 unspecified atom stereocenters. The number of carbonyl (C=O) groups excluding carboxylic acids is 2. The van der Waals surface area contributed by atoms with Crippen molar-refractivity contribution in [1.29, 1.82) is 0 Å². The molecule has 0 fully saturated rings. The Kier molecular flexibility index (Phi) is 35.3. The van der Waals surface area contributed by atoms with Crippen LogP contribution in [-0.4, -0.2) is 36.4 Å². The maximum atomic E-state index is 12.0. The first-order chi connectivity index (χ1) is 22.8. The van der Waals surface area contributed by atoms with E-state index < -0.39 is 6.10 Å². The van der Waals surface area contributed by atoms with E-state index in [1.54, 1.807) is 0 Å². The zero-order chi connectivity index (χ0) is 34.6. The molecule has 0 radical (unpaired) electrons. The number of esters is 2. The average Bonchev–Trinajstić information content (AvgIpc) is 3.04. The quantitative estimate of drug-likeness (QED) is 0.0527. The summed E-state index contributed by atoms with van der Waals surface area (Å²) in [7, 11) is 0. The van der Waals surface area contributed by atoms with Gasteiger partial charge in [0, 0.05) is 12.8 Å². The Morgan fingerprint density at radius 3 is 0.830 bits per heavy atom. The molecule has 0 saturated carbocycles. The molecule has 0 aliphatic carbocycles. The molecule has 0 aromatic carbocycles. The summed E-state index contributed by atoms with van der Waals surface area (Å²) >= 11 is 0. The molecule has 0 aromatic heterocycles. The third-order valence-corrected chi connectivity index (χ3v) is 9.45. The fourth-order valence-corrected chi connectivity index (χ4v) is 6.28. The third kappa shape index (κ3) is 39.2. The lowest BCUT2D eigenvalue weighted by molar-refractivity contribution is -0.152. The lowest BCUT2D eigenvalue weighted by atomic mass is 10.0. The van der Waals surface area contributed by atoms with Gasteiger partial charge < -0.3 is 14.6 Å². The highest BCUT2D eigenvalue weighted by molar-refractivity contribution is 5.69. The van der Waals surface area contributed by atoms with E-state index in [-0.39, 0.29) is 25.2 Å². The molecule has 5 nitrogen and oxygen atoms in total. The Labute approximate surface area is 293 Å². The van der Waals surface area contributed by atoms with E-state index in [4.69, 9.17) is 9.47 Å². The molecular weight excluding hydrogens is 584 g/mol. The molecule has 0 rings (SSSR count). The van der Waals surface area contributed by atoms with E-state index in [0.717, 1.165) is 37.5 Å². The minimum Gasteiger partial charge on any atom is -0.463 e. The zero-order valence-corrected chi connectivity index (χ0v) is 32.1. The Morgan fingerprint density at radius 2 is 0.596 bits per heavy atom. The fraction of sp³-hybridized carbons (Fsp3) is 0.952. The van der Waals surface area contributed by atoms with Gasteiger partial charge in [0.2, 0.25) is 0 Å². The summed E-state index contributed by atoms with van der Waals surface area (Å²) in [4.78, 5) is 24.0. The van der Waals surface area contributed by atoms with E-state index in [9.17, 15) is 14.7 Å². The molecule has 47 heavy (non-hydrogen) atoms. The number of aliphatic hydroxyl groups is 1. The molecule has 0 bridgehead atoms. The second kappa shape index (κ2) is 36.2. The van der Waals surface area contributed by atoms with Gasteiger partial charge in [-0.15, -0.1) is 0 Å². The SMILES string of the molecule is CC(C)CCCCCCCCCCCCCCCCCC(=O)OC[C@H](O)COC(=O)CCCCCCCCCCCCCCC(C)C. The summed E-state index contributed by atoms with van der Waals surface area (Å²) in [6.07, 6.45) is 37.3. The number of unbranched alkanes of at least 4 members (excludes halogenated alkanes) is 25. The highest BCUT2D eigenvalue weighted by Crippen LogP contribution is 2.16. The molecule has 280 valence electrons. The summed E-state index contributed by atoms with van der Waals surface area (Å²) in [5.74, 6) is 1.15. The molecule has 0 amide bonds. The molecule has 0 aliphatic heterocycles. The number of rotatable bonds is 37. The second-order valence-electron chi connectivity index (χ2n) is 15.4. The van der Waals surface area contributed by atoms with Gasteiger partial charge in [0.25, 0.3) is 0 Å². The zero-order valence-electron chi connectivity index (χ0n) is 32.1. The molecule has 1 N–H and O–H groups in total. The minimum atomic E-state index is -0.956. The Hall–Kier alpha value is -1.10. The number of carbonyl (C=O) groups is 2. The first-order valence-corrected chi connectivity index (χ1v) is 20.8. The van der Waals surface area contributed by atoms with Crippen molar-refractivity contribution in [3.63, 3.8) is 0 Å². The van der Waals surface area contributed by atoms with Crippen LogP contribution >= 0.6 is 0 Å². The topological polar surface area (TPSA) is 72.8 Å².